The molecule has 38 heavy (non-hydrogen) atoms. The number of anilines is 1. The molecule has 8 heteroatoms. The third-order valence-electron chi connectivity index (χ3n) is 6.78. The molecule has 2 aromatic rings. The Morgan fingerprint density at radius 1 is 0.895 bits per heavy atom. The lowest BCUT2D eigenvalue weighted by Crippen LogP contribution is -2.02. The minimum absolute atomic E-state index is 0.150. The van der Waals surface area contributed by atoms with E-state index >= 15 is 0 Å². The molecule has 0 aliphatic carbocycles. The summed E-state index contributed by atoms with van der Waals surface area (Å²) in [5.74, 6) is 0.204. The lowest BCUT2D eigenvalue weighted by Gasteiger charge is -2.08. The quantitative estimate of drug-likeness (QED) is 0.0629. The van der Waals surface area contributed by atoms with Crippen molar-refractivity contribution in [3.05, 3.63) is 57.6 Å². The van der Waals surface area contributed by atoms with Crippen molar-refractivity contribution >= 4 is 28.7 Å². The molecule has 1 aliphatic rings. The van der Waals surface area contributed by atoms with Crippen molar-refractivity contribution < 1.29 is 9.72 Å². The van der Waals surface area contributed by atoms with Gasteiger partial charge >= 0.3 is 5.69 Å². The van der Waals surface area contributed by atoms with Crippen molar-refractivity contribution in [3.8, 4) is 0 Å². The first kappa shape index (κ1) is 30.9. The fraction of sp³-hybridized carbons (Fsp3) is 0.567. The van der Waals surface area contributed by atoms with E-state index in [-0.39, 0.29) is 23.0 Å². The Kier molecular flexibility index (Phi) is 14.1. The lowest BCUT2D eigenvalue weighted by molar-refractivity contribution is -0.383. The predicted molar refractivity (Wildman–Crippen MR) is 155 cm³/mol. The van der Waals surface area contributed by atoms with Gasteiger partial charge in [-0.1, -0.05) is 89.8 Å². The van der Waals surface area contributed by atoms with Crippen molar-refractivity contribution in [3.63, 3.8) is 0 Å². The van der Waals surface area contributed by atoms with E-state index in [1.807, 2.05) is 30.3 Å². The van der Waals surface area contributed by atoms with Crippen molar-refractivity contribution in [1.82, 2.24) is 4.90 Å². The first-order chi connectivity index (χ1) is 18.4. The van der Waals surface area contributed by atoms with Crippen LogP contribution in [0.4, 0.5) is 22.7 Å². The molecule has 0 spiro atoms. The smallest absolute Gasteiger partial charge is 0.319 e. The molecule has 8 nitrogen and oxygen atoms in total. The van der Waals surface area contributed by atoms with Crippen LogP contribution in [0.2, 0.25) is 0 Å². The van der Waals surface area contributed by atoms with Crippen LogP contribution in [0.1, 0.15) is 96.1 Å². The molecule has 0 saturated carbocycles. The number of carbonyl (C=O) groups is 1. The van der Waals surface area contributed by atoms with Gasteiger partial charge in [0.15, 0.2) is 5.69 Å². The van der Waals surface area contributed by atoms with E-state index in [1.165, 1.54) is 56.9 Å². The Hall–Kier alpha value is -3.29. The molecule has 1 saturated heterocycles. The van der Waals surface area contributed by atoms with E-state index in [1.54, 1.807) is 17.9 Å². The third kappa shape index (κ3) is 11.4. The van der Waals surface area contributed by atoms with Crippen molar-refractivity contribution in [2.75, 3.05) is 18.8 Å². The number of nitro benzene ring substituents is 1. The molecule has 208 valence electrons. The van der Waals surface area contributed by atoms with Crippen LogP contribution in [-0.4, -0.2) is 28.8 Å². The molecule has 3 rings (SSSR count). The van der Waals surface area contributed by atoms with Crippen LogP contribution >= 0.6 is 0 Å². The van der Waals surface area contributed by atoms with Crippen LogP contribution in [0, 0.1) is 10.1 Å². The molecular formula is C30H45N5O3. The van der Waals surface area contributed by atoms with E-state index in [9.17, 15) is 14.9 Å². The number of nitrogens with two attached hydrogens (primary N) is 1. The van der Waals surface area contributed by atoms with Gasteiger partial charge in [-0.05, 0) is 48.6 Å². The molecule has 0 radical (unpaired) electrons. The van der Waals surface area contributed by atoms with Gasteiger partial charge < -0.3 is 10.6 Å². The number of benzene rings is 2. The number of nitro groups is 1. The molecule has 1 fully saturated rings. The van der Waals surface area contributed by atoms with E-state index in [4.69, 9.17) is 5.73 Å². The molecule has 2 aromatic carbocycles. The van der Waals surface area contributed by atoms with Crippen LogP contribution in [0.5, 0.6) is 0 Å². The number of amides is 1. The van der Waals surface area contributed by atoms with Gasteiger partial charge in [0.2, 0.25) is 5.91 Å². The first-order valence-corrected chi connectivity index (χ1v) is 14.2. The fourth-order valence-corrected chi connectivity index (χ4v) is 4.21. The zero-order valence-corrected chi connectivity index (χ0v) is 23.5. The molecule has 0 aromatic heterocycles. The van der Waals surface area contributed by atoms with E-state index in [0.717, 1.165) is 44.3 Å². The van der Waals surface area contributed by atoms with Crippen LogP contribution < -0.4 is 5.73 Å². The number of hydrogen-bond acceptors (Lipinski definition) is 6. The standard InChI is InChI=1S/C26H38N4O2.C4H7NO/c1-3-5-6-7-8-9-10-11-12-13-14-22-17-20-24(26(25(22)27)30(31)32)29-28-23-18-15-21(4-2)16-19-23;1-4(6)5-2-3-5/h15-20H,3-14,27H2,1-2H3;2-3H2,1H3. The Bertz CT molecular complexity index is 1030. The van der Waals surface area contributed by atoms with Gasteiger partial charge in [0.05, 0.1) is 10.6 Å². The molecule has 2 N–H and O–H groups in total. The topological polar surface area (TPSA) is 114 Å². The highest BCUT2D eigenvalue weighted by Gasteiger charge is 2.21. The first-order valence-electron chi connectivity index (χ1n) is 14.2. The average molecular weight is 524 g/mol. The highest BCUT2D eigenvalue weighted by Crippen LogP contribution is 2.37. The number of unbranched alkanes of at least 4 members (excludes halogenated alkanes) is 9. The van der Waals surface area contributed by atoms with Crippen LogP contribution in [0.15, 0.2) is 46.6 Å². The minimum atomic E-state index is -0.452. The lowest BCUT2D eigenvalue weighted by atomic mass is 10.0. The van der Waals surface area contributed by atoms with Gasteiger partial charge in [-0.15, -0.1) is 5.11 Å². The van der Waals surface area contributed by atoms with E-state index < -0.39 is 4.92 Å². The van der Waals surface area contributed by atoms with Gasteiger partial charge in [0.25, 0.3) is 0 Å². The Morgan fingerprint density at radius 3 is 1.95 bits per heavy atom. The summed E-state index contributed by atoms with van der Waals surface area (Å²) in [5.41, 5.74) is 9.11. The highest BCUT2D eigenvalue weighted by atomic mass is 16.6. The van der Waals surface area contributed by atoms with Crippen molar-refractivity contribution in [2.45, 2.75) is 97.8 Å². The maximum Gasteiger partial charge on any atom is 0.319 e. The van der Waals surface area contributed by atoms with Gasteiger partial charge in [0, 0.05) is 20.0 Å². The second-order valence-corrected chi connectivity index (χ2v) is 9.92. The van der Waals surface area contributed by atoms with Gasteiger partial charge in [-0.25, -0.2) is 0 Å². The van der Waals surface area contributed by atoms with Gasteiger partial charge in [-0.3, -0.25) is 14.9 Å². The Labute approximate surface area is 227 Å². The van der Waals surface area contributed by atoms with E-state index in [2.05, 4.69) is 24.1 Å². The summed E-state index contributed by atoms with van der Waals surface area (Å²) in [6, 6.07) is 11.2. The number of nitrogens with zero attached hydrogens (tertiary/aromatic N) is 4. The van der Waals surface area contributed by atoms with Gasteiger partial charge in [-0.2, -0.15) is 5.11 Å². The number of rotatable bonds is 15. The molecule has 0 unspecified atom stereocenters. The summed E-state index contributed by atoms with van der Waals surface area (Å²) >= 11 is 0. The van der Waals surface area contributed by atoms with Crippen molar-refractivity contribution in [2.24, 2.45) is 10.2 Å². The second kappa shape index (κ2) is 17.3. The SMILES string of the molecule is CC(=O)N1CC1.CCCCCCCCCCCCc1ccc(N=Nc2ccc(CC)cc2)c([N+](=O)[O-])c1N. The van der Waals surface area contributed by atoms with Gasteiger partial charge in [0.1, 0.15) is 5.69 Å². The summed E-state index contributed by atoms with van der Waals surface area (Å²) < 4.78 is 0. The molecular weight excluding hydrogens is 478 g/mol. The summed E-state index contributed by atoms with van der Waals surface area (Å²) in [4.78, 5) is 23.1. The number of hydrogen-bond donors (Lipinski definition) is 1. The maximum atomic E-state index is 11.7. The normalized spacial score (nSPS) is 12.3. The third-order valence-corrected chi connectivity index (χ3v) is 6.78. The molecule has 1 heterocycles. The largest absolute Gasteiger partial charge is 0.393 e. The highest BCUT2D eigenvalue weighted by molar-refractivity contribution is 5.75. The predicted octanol–water partition coefficient (Wildman–Crippen LogP) is 8.47. The second-order valence-electron chi connectivity index (χ2n) is 9.92. The summed E-state index contributed by atoms with van der Waals surface area (Å²) in [6.07, 6.45) is 14.3. The summed E-state index contributed by atoms with van der Waals surface area (Å²) in [6.45, 7) is 7.88. The zero-order chi connectivity index (χ0) is 27.8. The maximum absolute atomic E-state index is 11.7. The molecule has 1 aliphatic heterocycles. The van der Waals surface area contributed by atoms with E-state index in [0.29, 0.717) is 5.69 Å². The summed E-state index contributed by atoms with van der Waals surface area (Å²) in [5, 5.41) is 19.9. The fourth-order valence-electron chi connectivity index (χ4n) is 4.21. The number of azo groups is 1. The molecule has 1 amide bonds. The monoisotopic (exact) mass is 523 g/mol. The Balaban J connectivity index is 0.000000739. The average Bonchev–Trinajstić information content (AvgIpc) is 3.76. The molecule has 0 atom stereocenters. The number of carbonyl (C=O) groups excluding carboxylic acids is 1. The van der Waals surface area contributed by atoms with Crippen molar-refractivity contribution in [1.29, 1.82) is 0 Å². The van der Waals surface area contributed by atoms with Crippen LogP contribution in [-0.2, 0) is 17.6 Å². The Morgan fingerprint density at radius 2 is 1.47 bits per heavy atom. The summed E-state index contributed by atoms with van der Waals surface area (Å²) in [7, 11) is 0. The molecule has 0 bridgehead atoms. The zero-order valence-electron chi connectivity index (χ0n) is 23.5. The van der Waals surface area contributed by atoms with Crippen LogP contribution in [0.25, 0.3) is 0 Å². The van der Waals surface area contributed by atoms with Crippen LogP contribution in [0.3, 0.4) is 0 Å². The number of nitrogen functional groups attached to an aromatic ring is 1. The minimum Gasteiger partial charge on any atom is -0.393 e. The number of aryl methyl sites for hydroxylation is 2.